The minimum absolute atomic E-state index is 0.139. The number of benzene rings is 1. The van der Waals surface area contributed by atoms with Crippen LogP contribution >= 0.6 is 0 Å². The molecule has 1 aromatic carbocycles. The zero-order valence-corrected chi connectivity index (χ0v) is 8.69. The first-order chi connectivity index (χ1) is 6.70. The van der Waals surface area contributed by atoms with Crippen LogP contribution in [0.1, 0.15) is 11.1 Å². The van der Waals surface area contributed by atoms with E-state index < -0.39 is 0 Å². The second-order valence-electron chi connectivity index (χ2n) is 2.56. The molecule has 78 valence electrons. The average molecular weight is 195 g/mol. The molecule has 0 atom stereocenters. The maximum atomic E-state index is 9.05. The van der Waals surface area contributed by atoms with Crippen molar-refractivity contribution in [3.05, 3.63) is 35.4 Å². The van der Waals surface area contributed by atoms with Gasteiger partial charge in [0.05, 0.1) is 0 Å². The van der Waals surface area contributed by atoms with Gasteiger partial charge in [-0.15, -0.1) is 0 Å². The molecular formula is C11H17NO2. The Hall–Kier alpha value is -1.48. The topological polar surface area (TPSA) is 60.2 Å². The summed E-state index contributed by atoms with van der Waals surface area (Å²) in [5.74, 6) is 0. The van der Waals surface area contributed by atoms with Crippen molar-refractivity contribution >= 4 is 13.1 Å². The van der Waals surface area contributed by atoms with Crippen LogP contribution in [0.4, 0.5) is 0 Å². The van der Waals surface area contributed by atoms with E-state index in [0.29, 0.717) is 6.29 Å². The molecule has 0 aliphatic heterocycles. The average Bonchev–Trinajstić information content (AvgIpc) is 2.26. The fourth-order valence-corrected chi connectivity index (χ4v) is 0.637. The van der Waals surface area contributed by atoms with Gasteiger partial charge in [0, 0.05) is 6.54 Å². The summed E-state index contributed by atoms with van der Waals surface area (Å²) in [6.45, 7) is 6.33. The molecule has 1 rings (SSSR count). The molecular weight excluding hydrogens is 178 g/mol. The maximum absolute atomic E-state index is 9.05. The molecule has 0 spiro atoms. The second-order valence-corrected chi connectivity index (χ2v) is 2.56. The molecule has 0 heterocycles. The Morgan fingerprint density at radius 1 is 1.14 bits per heavy atom. The third-order valence-corrected chi connectivity index (χ3v) is 1.31. The normalized spacial score (nSPS) is 7.36. The minimum atomic E-state index is 0.139. The highest BCUT2D eigenvalue weighted by molar-refractivity contribution is 5.51. The third kappa shape index (κ3) is 10.5. The van der Waals surface area contributed by atoms with Crippen molar-refractivity contribution in [1.29, 1.82) is 0 Å². The lowest BCUT2D eigenvalue weighted by Crippen LogP contribution is -1.97. The van der Waals surface area contributed by atoms with Crippen LogP contribution in [0.3, 0.4) is 0 Å². The van der Waals surface area contributed by atoms with Crippen molar-refractivity contribution in [2.45, 2.75) is 13.8 Å². The van der Waals surface area contributed by atoms with E-state index in [1.807, 2.05) is 6.79 Å². The van der Waals surface area contributed by atoms with Crippen LogP contribution in [0.15, 0.2) is 24.3 Å². The summed E-state index contributed by atoms with van der Waals surface area (Å²) in [6, 6.07) is 8.48. The number of carbonyl (C=O) groups is 2. The molecule has 0 aromatic heterocycles. The number of aldehydes is 1. The van der Waals surface area contributed by atoms with Gasteiger partial charge in [0.1, 0.15) is 13.1 Å². The molecule has 0 saturated carbocycles. The Morgan fingerprint density at radius 3 is 1.50 bits per heavy atom. The van der Waals surface area contributed by atoms with Crippen molar-refractivity contribution in [1.82, 2.24) is 0 Å². The number of rotatable bonds is 1. The number of carbonyl (C=O) groups excluding carboxylic acids is 2. The number of nitrogens with two attached hydrogens (primary N) is 1. The SMILES string of the molecule is C=O.Cc1ccc(C)cc1.NCC=O. The number of aryl methyl sites for hydroxylation is 2. The predicted octanol–water partition coefficient (Wildman–Crippen LogP) is 1.26. The molecule has 0 radical (unpaired) electrons. The summed E-state index contributed by atoms with van der Waals surface area (Å²) in [6.07, 6.45) is 0.653. The van der Waals surface area contributed by atoms with E-state index in [1.54, 1.807) is 0 Å². The lowest BCUT2D eigenvalue weighted by atomic mass is 10.2. The Morgan fingerprint density at radius 2 is 1.36 bits per heavy atom. The summed E-state index contributed by atoms with van der Waals surface area (Å²) >= 11 is 0. The first-order valence-electron chi connectivity index (χ1n) is 4.16. The summed E-state index contributed by atoms with van der Waals surface area (Å²) in [5.41, 5.74) is 7.32. The zero-order valence-electron chi connectivity index (χ0n) is 8.69. The Bertz CT molecular complexity index is 211. The van der Waals surface area contributed by atoms with Gasteiger partial charge in [0.15, 0.2) is 0 Å². The Balaban J connectivity index is 0. The number of hydrogen-bond donors (Lipinski definition) is 1. The van der Waals surface area contributed by atoms with Crippen LogP contribution in [-0.4, -0.2) is 19.6 Å². The molecule has 14 heavy (non-hydrogen) atoms. The molecule has 0 amide bonds. The first-order valence-corrected chi connectivity index (χ1v) is 4.16. The van der Waals surface area contributed by atoms with Gasteiger partial charge in [-0.2, -0.15) is 0 Å². The molecule has 0 saturated heterocycles. The van der Waals surface area contributed by atoms with Gasteiger partial charge < -0.3 is 15.3 Å². The van der Waals surface area contributed by atoms with Crippen molar-refractivity contribution in [3.63, 3.8) is 0 Å². The second kappa shape index (κ2) is 11.5. The lowest BCUT2D eigenvalue weighted by molar-refractivity contribution is -0.106. The summed E-state index contributed by atoms with van der Waals surface area (Å²) in [7, 11) is 0. The molecule has 3 nitrogen and oxygen atoms in total. The molecule has 0 aliphatic rings. The monoisotopic (exact) mass is 195 g/mol. The van der Waals surface area contributed by atoms with E-state index in [4.69, 9.17) is 9.59 Å². The van der Waals surface area contributed by atoms with Gasteiger partial charge in [-0.3, -0.25) is 0 Å². The van der Waals surface area contributed by atoms with Crippen molar-refractivity contribution < 1.29 is 9.59 Å². The van der Waals surface area contributed by atoms with Crippen molar-refractivity contribution in [2.75, 3.05) is 6.54 Å². The van der Waals surface area contributed by atoms with E-state index in [-0.39, 0.29) is 6.54 Å². The van der Waals surface area contributed by atoms with Crippen LogP contribution in [0, 0.1) is 13.8 Å². The molecule has 1 aromatic rings. The van der Waals surface area contributed by atoms with Gasteiger partial charge >= 0.3 is 0 Å². The molecule has 0 fully saturated rings. The van der Waals surface area contributed by atoms with Crippen LogP contribution < -0.4 is 5.73 Å². The first kappa shape index (κ1) is 15.0. The smallest absolute Gasteiger partial charge is 0.133 e. The minimum Gasteiger partial charge on any atom is -0.324 e. The van der Waals surface area contributed by atoms with E-state index in [2.05, 4.69) is 43.8 Å². The summed E-state index contributed by atoms with van der Waals surface area (Å²) < 4.78 is 0. The molecule has 0 unspecified atom stereocenters. The Kier molecular flexibility index (Phi) is 12.4. The van der Waals surface area contributed by atoms with E-state index in [1.165, 1.54) is 11.1 Å². The van der Waals surface area contributed by atoms with Gasteiger partial charge in [-0.05, 0) is 13.8 Å². The van der Waals surface area contributed by atoms with Gasteiger partial charge in [-0.25, -0.2) is 0 Å². The number of hydrogen-bond acceptors (Lipinski definition) is 3. The Labute approximate surface area is 84.9 Å². The molecule has 0 aliphatic carbocycles. The quantitative estimate of drug-likeness (QED) is 0.686. The zero-order chi connectivity index (χ0) is 11.4. The molecule has 3 heteroatoms. The van der Waals surface area contributed by atoms with Gasteiger partial charge in [0.2, 0.25) is 0 Å². The van der Waals surface area contributed by atoms with Gasteiger partial charge in [0.25, 0.3) is 0 Å². The lowest BCUT2D eigenvalue weighted by Gasteiger charge is -1.90. The van der Waals surface area contributed by atoms with Crippen LogP contribution in [0.2, 0.25) is 0 Å². The highest BCUT2D eigenvalue weighted by Crippen LogP contribution is 1.99. The van der Waals surface area contributed by atoms with Crippen molar-refractivity contribution in [2.24, 2.45) is 5.73 Å². The van der Waals surface area contributed by atoms with Crippen LogP contribution in [0.5, 0.6) is 0 Å². The molecule has 0 bridgehead atoms. The van der Waals surface area contributed by atoms with Crippen LogP contribution in [-0.2, 0) is 9.59 Å². The van der Waals surface area contributed by atoms with E-state index >= 15 is 0 Å². The van der Waals surface area contributed by atoms with Crippen molar-refractivity contribution in [3.8, 4) is 0 Å². The fourth-order valence-electron chi connectivity index (χ4n) is 0.637. The van der Waals surface area contributed by atoms with Crippen LogP contribution in [0.25, 0.3) is 0 Å². The highest BCUT2D eigenvalue weighted by Gasteiger charge is 1.79. The molecule has 2 N–H and O–H groups in total. The largest absolute Gasteiger partial charge is 0.324 e. The van der Waals surface area contributed by atoms with E-state index in [9.17, 15) is 0 Å². The predicted molar refractivity (Wildman–Crippen MR) is 58.2 cm³/mol. The third-order valence-electron chi connectivity index (χ3n) is 1.31. The van der Waals surface area contributed by atoms with Gasteiger partial charge in [-0.1, -0.05) is 35.4 Å². The summed E-state index contributed by atoms with van der Waals surface area (Å²) in [4.78, 5) is 17.0. The van der Waals surface area contributed by atoms with E-state index in [0.717, 1.165) is 0 Å². The highest BCUT2D eigenvalue weighted by atomic mass is 16.1. The standard InChI is InChI=1S/C8H10.C2H5NO.CH2O/c1-7-3-5-8(2)6-4-7;3-1-2-4;1-2/h3-6H,1-2H3;2H,1,3H2;1H2. The maximum Gasteiger partial charge on any atom is 0.133 e. The summed E-state index contributed by atoms with van der Waals surface area (Å²) in [5, 5.41) is 0. The fraction of sp³-hybridized carbons (Fsp3) is 0.273.